The third-order valence-corrected chi connectivity index (χ3v) is 3.21. The van der Waals surface area contributed by atoms with Crippen molar-refractivity contribution >= 4 is 29.9 Å². The molecule has 0 bridgehead atoms. The van der Waals surface area contributed by atoms with E-state index in [-0.39, 0.29) is 24.0 Å². The predicted molar refractivity (Wildman–Crippen MR) is 81.3 cm³/mol. The van der Waals surface area contributed by atoms with Crippen LogP contribution in [-0.2, 0) is 0 Å². The van der Waals surface area contributed by atoms with Crippen LogP contribution >= 0.6 is 24.0 Å². The first-order valence-corrected chi connectivity index (χ1v) is 6.26. The molecular weight excluding hydrogens is 313 g/mol. The van der Waals surface area contributed by atoms with E-state index in [1.54, 1.807) is 0 Å². The molecule has 3 N–H and O–H groups in total. The molecule has 0 amide bonds. The Hall–Kier alpha value is 0. The van der Waals surface area contributed by atoms with E-state index in [9.17, 15) is 0 Å². The molecule has 0 aromatic carbocycles. The Balaban J connectivity index is 0.00000225. The highest BCUT2D eigenvalue weighted by atomic mass is 127. The summed E-state index contributed by atoms with van der Waals surface area (Å²) >= 11 is 0. The van der Waals surface area contributed by atoms with Gasteiger partial charge < -0.3 is 11.1 Å². The average molecular weight is 339 g/mol. The predicted octanol–water partition coefficient (Wildman–Crippen LogP) is 2.75. The third-order valence-electron chi connectivity index (χ3n) is 3.21. The lowest BCUT2D eigenvalue weighted by molar-refractivity contribution is 0.296. The van der Waals surface area contributed by atoms with E-state index in [2.05, 4.69) is 24.2 Å². The largest absolute Gasteiger partial charge is 0.370 e. The number of aliphatic imine (C=N–C) groups is 1. The number of rotatable bonds is 4. The summed E-state index contributed by atoms with van der Waals surface area (Å²) in [7, 11) is 0. The summed E-state index contributed by atoms with van der Waals surface area (Å²) in [5.41, 5.74) is 5.74. The average Bonchev–Trinajstić information content (AvgIpc) is 2.25. The fraction of sp³-hybridized carbons (Fsp3) is 0.917. The van der Waals surface area contributed by atoms with Gasteiger partial charge in [-0.15, -0.1) is 24.0 Å². The number of hydrogen-bond donors (Lipinski definition) is 2. The van der Waals surface area contributed by atoms with Gasteiger partial charge >= 0.3 is 0 Å². The first kappa shape index (κ1) is 16.0. The third kappa shape index (κ3) is 6.55. The van der Waals surface area contributed by atoms with Gasteiger partial charge in [-0.05, 0) is 31.1 Å². The van der Waals surface area contributed by atoms with Crippen LogP contribution in [0.25, 0.3) is 0 Å². The molecular formula is C12H26IN3. The van der Waals surface area contributed by atoms with Crippen LogP contribution in [0.2, 0.25) is 0 Å². The maximum atomic E-state index is 5.74. The van der Waals surface area contributed by atoms with Crippen LogP contribution in [0.3, 0.4) is 0 Å². The Morgan fingerprint density at radius 3 is 2.50 bits per heavy atom. The van der Waals surface area contributed by atoms with Crippen LogP contribution in [-0.4, -0.2) is 19.0 Å². The van der Waals surface area contributed by atoms with Crippen molar-refractivity contribution in [1.29, 1.82) is 0 Å². The zero-order chi connectivity index (χ0) is 11.1. The second-order valence-corrected chi connectivity index (χ2v) is 4.78. The first-order valence-electron chi connectivity index (χ1n) is 6.26. The molecule has 3 nitrogen and oxygen atoms in total. The van der Waals surface area contributed by atoms with E-state index in [1.807, 2.05) is 0 Å². The van der Waals surface area contributed by atoms with E-state index in [4.69, 9.17) is 5.73 Å². The molecule has 0 spiro atoms. The van der Waals surface area contributed by atoms with Gasteiger partial charge in [-0.2, -0.15) is 0 Å². The molecule has 0 saturated heterocycles. The summed E-state index contributed by atoms with van der Waals surface area (Å²) in [6.45, 7) is 6.31. The van der Waals surface area contributed by atoms with Crippen molar-refractivity contribution in [3.8, 4) is 0 Å². The fourth-order valence-electron chi connectivity index (χ4n) is 2.05. The van der Waals surface area contributed by atoms with Gasteiger partial charge in [0.1, 0.15) is 0 Å². The molecule has 4 heteroatoms. The molecule has 0 radical (unpaired) electrons. The number of nitrogens with one attached hydrogen (secondary N) is 1. The van der Waals surface area contributed by atoms with Crippen LogP contribution in [0.5, 0.6) is 0 Å². The van der Waals surface area contributed by atoms with Crippen molar-refractivity contribution in [2.75, 3.05) is 13.1 Å². The van der Waals surface area contributed by atoms with Crippen molar-refractivity contribution < 1.29 is 0 Å². The molecule has 1 aliphatic carbocycles. The van der Waals surface area contributed by atoms with Crippen molar-refractivity contribution in [3.63, 3.8) is 0 Å². The van der Waals surface area contributed by atoms with Gasteiger partial charge in [0.25, 0.3) is 0 Å². The lowest BCUT2D eigenvalue weighted by atomic mass is 9.83. The van der Waals surface area contributed by atoms with Gasteiger partial charge in [0.15, 0.2) is 5.96 Å². The Morgan fingerprint density at radius 2 is 1.94 bits per heavy atom. The number of nitrogens with zero attached hydrogens (tertiary/aromatic N) is 1. The lowest BCUT2D eigenvalue weighted by Crippen LogP contribution is -2.33. The molecule has 1 aliphatic rings. The van der Waals surface area contributed by atoms with Crippen LogP contribution in [0, 0.1) is 11.8 Å². The van der Waals surface area contributed by atoms with Crippen molar-refractivity contribution in [2.24, 2.45) is 22.6 Å². The summed E-state index contributed by atoms with van der Waals surface area (Å²) < 4.78 is 0. The zero-order valence-corrected chi connectivity index (χ0v) is 12.9. The summed E-state index contributed by atoms with van der Waals surface area (Å²) in [6, 6.07) is 0. The van der Waals surface area contributed by atoms with E-state index >= 15 is 0 Å². The van der Waals surface area contributed by atoms with Crippen LogP contribution < -0.4 is 11.1 Å². The van der Waals surface area contributed by atoms with E-state index in [1.165, 1.54) is 25.7 Å². The summed E-state index contributed by atoms with van der Waals surface area (Å²) in [4.78, 5) is 4.39. The lowest BCUT2D eigenvalue weighted by Gasteiger charge is -2.24. The number of nitrogens with two attached hydrogens (primary N) is 1. The standard InChI is InChI=1S/C12H25N3.HI/c1-3-8-14-12(13)15-9-11-6-4-10(2)5-7-11;/h10-11H,3-9H2,1-2H3,(H3,13,14,15);1H. The smallest absolute Gasteiger partial charge is 0.188 e. The normalized spacial score (nSPS) is 26.0. The van der Waals surface area contributed by atoms with Crippen LogP contribution in [0.4, 0.5) is 0 Å². The van der Waals surface area contributed by atoms with E-state index in [0.29, 0.717) is 5.96 Å². The molecule has 0 aromatic heterocycles. The van der Waals surface area contributed by atoms with Crippen molar-refractivity contribution in [3.05, 3.63) is 0 Å². The Bertz CT molecular complexity index is 198. The minimum atomic E-state index is 0. The number of hydrogen-bond acceptors (Lipinski definition) is 1. The maximum absolute atomic E-state index is 5.74. The van der Waals surface area contributed by atoms with Crippen molar-refractivity contribution in [2.45, 2.75) is 46.0 Å². The van der Waals surface area contributed by atoms with Gasteiger partial charge in [-0.1, -0.05) is 26.7 Å². The van der Waals surface area contributed by atoms with Gasteiger partial charge in [-0.3, -0.25) is 4.99 Å². The maximum Gasteiger partial charge on any atom is 0.188 e. The van der Waals surface area contributed by atoms with Crippen LogP contribution in [0.15, 0.2) is 4.99 Å². The van der Waals surface area contributed by atoms with Gasteiger partial charge in [0.05, 0.1) is 0 Å². The molecule has 16 heavy (non-hydrogen) atoms. The summed E-state index contributed by atoms with van der Waals surface area (Å²) in [5, 5.41) is 3.11. The molecule has 96 valence electrons. The topological polar surface area (TPSA) is 50.4 Å². The Morgan fingerprint density at radius 1 is 1.31 bits per heavy atom. The highest BCUT2D eigenvalue weighted by Crippen LogP contribution is 2.28. The van der Waals surface area contributed by atoms with Gasteiger partial charge in [-0.25, -0.2) is 0 Å². The first-order chi connectivity index (χ1) is 7.22. The fourth-order valence-corrected chi connectivity index (χ4v) is 2.05. The molecule has 0 atom stereocenters. The highest BCUT2D eigenvalue weighted by molar-refractivity contribution is 14.0. The highest BCUT2D eigenvalue weighted by Gasteiger charge is 2.17. The molecule has 0 unspecified atom stereocenters. The number of guanidine groups is 1. The molecule has 1 fully saturated rings. The Kier molecular flexibility index (Phi) is 9.07. The van der Waals surface area contributed by atoms with E-state index < -0.39 is 0 Å². The minimum absolute atomic E-state index is 0. The molecule has 0 aromatic rings. The molecule has 1 rings (SSSR count). The second-order valence-electron chi connectivity index (χ2n) is 4.78. The monoisotopic (exact) mass is 339 g/mol. The second kappa shape index (κ2) is 9.07. The SMILES string of the molecule is CCCNC(N)=NCC1CCC(C)CC1.I. The minimum Gasteiger partial charge on any atom is -0.370 e. The van der Waals surface area contributed by atoms with Crippen LogP contribution in [0.1, 0.15) is 46.0 Å². The molecule has 0 aliphatic heterocycles. The zero-order valence-electron chi connectivity index (χ0n) is 10.5. The summed E-state index contributed by atoms with van der Waals surface area (Å²) in [5.74, 6) is 2.31. The van der Waals surface area contributed by atoms with Gasteiger partial charge in [0.2, 0.25) is 0 Å². The van der Waals surface area contributed by atoms with Crippen molar-refractivity contribution in [1.82, 2.24) is 5.32 Å². The summed E-state index contributed by atoms with van der Waals surface area (Å²) in [6.07, 6.45) is 6.47. The van der Waals surface area contributed by atoms with E-state index in [0.717, 1.165) is 31.3 Å². The Labute approximate surface area is 117 Å². The molecule has 1 saturated carbocycles. The number of halogens is 1. The molecule has 0 heterocycles. The van der Waals surface area contributed by atoms with Gasteiger partial charge in [0, 0.05) is 13.1 Å². The quantitative estimate of drug-likeness (QED) is 0.470.